The number of hydrogen-bond donors (Lipinski definition) is 2. The number of carbonyl (C=O) groups is 1. The summed E-state index contributed by atoms with van der Waals surface area (Å²) in [5.74, 6) is 0.0149. The van der Waals surface area contributed by atoms with Crippen LogP contribution in [0.5, 0.6) is 5.75 Å². The molecule has 0 radical (unpaired) electrons. The molecule has 15 heavy (non-hydrogen) atoms. The van der Waals surface area contributed by atoms with E-state index in [0.29, 0.717) is 17.3 Å². The highest BCUT2D eigenvalue weighted by atomic mass is 35.5. The molecule has 0 spiro atoms. The minimum Gasteiger partial charge on any atom is -0.481 e. The summed E-state index contributed by atoms with van der Waals surface area (Å²) in [7, 11) is 0. The third-order valence-corrected chi connectivity index (χ3v) is 2.18. The Hall–Kier alpha value is -1.26. The average molecular weight is 229 g/mol. The highest BCUT2D eigenvalue weighted by Gasteiger charge is 2.12. The summed E-state index contributed by atoms with van der Waals surface area (Å²) in [5, 5.41) is 0.578. The summed E-state index contributed by atoms with van der Waals surface area (Å²) in [6.07, 6.45) is -0.684. The van der Waals surface area contributed by atoms with E-state index in [1.54, 1.807) is 25.1 Å². The molecule has 82 valence electrons. The standard InChI is InChI=1S/C10H13ClN2O2/c1-6(10(13)14)15-9-3-2-8(11)4-7(9)5-12/h2-4,6H,5,12H2,1H3,(H2,13,14). The van der Waals surface area contributed by atoms with Crippen molar-refractivity contribution in [1.82, 2.24) is 0 Å². The second-order valence-electron chi connectivity index (χ2n) is 3.12. The number of primary amides is 1. The average Bonchev–Trinajstić information content (AvgIpc) is 2.20. The van der Waals surface area contributed by atoms with Crippen LogP contribution in [0.3, 0.4) is 0 Å². The molecule has 0 aliphatic rings. The van der Waals surface area contributed by atoms with Gasteiger partial charge in [0, 0.05) is 17.1 Å². The SMILES string of the molecule is CC(Oc1ccc(Cl)cc1CN)C(N)=O. The van der Waals surface area contributed by atoms with Crippen molar-refractivity contribution in [3.63, 3.8) is 0 Å². The molecule has 0 saturated heterocycles. The topological polar surface area (TPSA) is 78.3 Å². The quantitative estimate of drug-likeness (QED) is 0.809. The van der Waals surface area contributed by atoms with Gasteiger partial charge in [0.25, 0.3) is 5.91 Å². The van der Waals surface area contributed by atoms with Crippen LogP contribution in [0.2, 0.25) is 5.02 Å². The lowest BCUT2D eigenvalue weighted by atomic mass is 10.2. The van der Waals surface area contributed by atoms with Gasteiger partial charge in [-0.15, -0.1) is 0 Å². The molecule has 0 aromatic heterocycles. The van der Waals surface area contributed by atoms with Crippen molar-refractivity contribution in [3.05, 3.63) is 28.8 Å². The maximum Gasteiger partial charge on any atom is 0.258 e. The van der Waals surface area contributed by atoms with E-state index in [1.165, 1.54) is 0 Å². The fraction of sp³-hybridized carbons (Fsp3) is 0.300. The van der Waals surface area contributed by atoms with Gasteiger partial charge in [0.15, 0.2) is 6.10 Å². The summed E-state index contributed by atoms with van der Waals surface area (Å²) in [6.45, 7) is 1.87. The van der Waals surface area contributed by atoms with Gasteiger partial charge in [0.05, 0.1) is 0 Å². The monoisotopic (exact) mass is 228 g/mol. The van der Waals surface area contributed by atoms with Crippen LogP contribution in [0.15, 0.2) is 18.2 Å². The Bertz CT molecular complexity index is 368. The molecule has 4 N–H and O–H groups in total. The van der Waals surface area contributed by atoms with Crippen molar-refractivity contribution in [2.75, 3.05) is 0 Å². The highest BCUT2D eigenvalue weighted by Crippen LogP contribution is 2.23. The Morgan fingerprint density at radius 1 is 1.60 bits per heavy atom. The fourth-order valence-corrected chi connectivity index (χ4v) is 1.27. The van der Waals surface area contributed by atoms with E-state index in [0.717, 1.165) is 5.56 Å². The van der Waals surface area contributed by atoms with Gasteiger partial charge in [-0.1, -0.05) is 11.6 Å². The molecule has 0 aliphatic heterocycles. The minimum absolute atomic E-state index is 0.293. The fourth-order valence-electron chi connectivity index (χ4n) is 1.07. The van der Waals surface area contributed by atoms with E-state index in [4.69, 9.17) is 27.8 Å². The van der Waals surface area contributed by atoms with Crippen LogP contribution in [-0.4, -0.2) is 12.0 Å². The van der Waals surface area contributed by atoms with Gasteiger partial charge in [-0.05, 0) is 25.1 Å². The molecule has 1 rings (SSSR count). The lowest BCUT2D eigenvalue weighted by Crippen LogP contribution is -2.31. The van der Waals surface area contributed by atoms with Crippen molar-refractivity contribution in [2.24, 2.45) is 11.5 Å². The number of amides is 1. The first-order chi connectivity index (χ1) is 7.04. The van der Waals surface area contributed by atoms with Crippen molar-refractivity contribution in [1.29, 1.82) is 0 Å². The van der Waals surface area contributed by atoms with Crippen LogP contribution in [0, 0.1) is 0 Å². The molecule has 0 bridgehead atoms. The molecule has 1 aromatic rings. The van der Waals surface area contributed by atoms with Gasteiger partial charge < -0.3 is 16.2 Å². The first kappa shape index (κ1) is 11.8. The number of nitrogens with two attached hydrogens (primary N) is 2. The molecule has 0 aliphatic carbocycles. The maximum atomic E-state index is 10.8. The highest BCUT2D eigenvalue weighted by molar-refractivity contribution is 6.30. The van der Waals surface area contributed by atoms with Crippen LogP contribution in [-0.2, 0) is 11.3 Å². The summed E-state index contributed by atoms with van der Waals surface area (Å²) < 4.78 is 5.34. The molecular weight excluding hydrogens is 216 g/mol. The van der Waals surface area contributed by atoms with E-state index in [2.05, 4.69) is 0 Å². The zero-order valence-corrected chi connectivity index (χ0v) is 9.12. The Labute approximate surface area is 93.1 Å². The van der Waals surface area contributed by atoms with E-state index < -0.39 is 12.0 Å². The molecule has 0 heterocycles. The first-order valence-corrected chi connectivity index (χ1v) is 4.87. The third-order valence-electron chi connectivity index (χ3n) is 1.95. The molecule has 1 amide bonds. The van der Waals surface area contributed by atoms with E-state index >= 15 is 0 Å². The van der Waals surface area contributed by atoms with Gasteiger partial charge in [-0.2, -0.15) is 0 Å². The Morgan fingerprint density at radius 2 is 2.27 bits per heavy atom. The Kier molecular flexibility index (Phi) is 3.94. The third kappa shape index (κ3) is 3.11. The van der Waals surface area contributed by atoms with Crippen molar-refractivity contribution < 1.29 is 9.53 Å². The van der Waals surface area contributed by atoms with Crippen molar-refractivity contribution in [3.8, 4) is 5.75 Å². The predicted molar refractivity (Wildman–Crippen MR) is 58.6 cm³/mol. The van der Waals surface area contributed by atoms with E-state index in [9.17, 15) is 4.79 Å². The molecule has 5 heteroatoms. The molecule has 1 atom stereocenters. The van der Waals surface area contributed by atoms with Crippen LogP contribution in [0.1, 0.15) is 12.5 Å². The van der Waals surface area contributed by atoms with Crippen molar-refractivity contribution in [2.45, 2.75) is 19.6 Å². The molecule has 0 fully saturated rings. The number of rotatable bonds is 4. The number of ether oxygens (including phenoxy) is 1. The van der Waals surface area contributed by atoms with Crippen LogP contribution in [0.4, 0.5) is 0 Å². The van der Waals surface area contributed by atoms with Crippen LogP contribution < -0.4 is 16.2 Å². The van der Waals surface area contributed by atoms with Gasteiger partial charge in [-0.25, -0.2) is 0 Å². The Balaban J connectivity index is 2.89. The summed E-state index contributed by atoms with van der Waals surface area (Å²) >= 11 is 5.79. The van der Waals surface area contributed by atoms with E-state index in [-0.39, 0.29) is 0 Å². The van der Waals surface area contributed by atoms with E-state index in [1.807, 2.05) is 0 Å². The lowest BCUT2D eigenvalue weighted by Gasteiger charge is -2.14. The number of carbonyl (C=O) groups excluding carboxylic acids is 1. The second-order valence-corrected chi connectivity index (χ2v) is 3.56. The van der Waals surface area contributed by atoms with Gasteiger partial charge in [0.2, 0.25) is 0 Å². The summed E-state index contributed by atoms with van der Waals surface area (Å²) in [6, 6.07) is 5.04. The zero-order valence-electron chi connectivity index (χ0n) is 8.37. The normalized spacial score (nSPS) is 12.2. The number of hydrogen-bond acceptors (Lipinski definition) is 3. The van der Waals surface area contributed by atoms with Crippen molar-refractivity contribution >= 4 is 17.5 Å². The second kappa shape index (κ2) is 5.00. The summed E-state index contributed by atoms with van der Waals surface area (Å²) in [5.41, 5.74) is 11.3. The molecular formula is C10H13ClN2O2. The number of benzene rings is 1. The molecule has 1 aromatic carbocycles. The Morgan fingerprint density at radius 3 is 2.80 bits per heavy atom. The predicted octanol–water partition coefficient (Wildman–Crippen LogP) is 1.05. The van der Waals surface area contributed by atoms with Crippen LogP contribution in [0.25, 0.3) is 0 Å². The van der Waals surface area contributed by atoms with Gasteiger partial charge in [0.1, 0.15) is 5.75 Å². The minimum atomic E-state index is -0.684. The first-order valence-electron chi connectivity index (χ1n) is 4.49. The molecule has 4 nitrogen and oxygen atoms in total. The smallest absolute Gasteiger partial charge is 0.258 e. The lowest BCUT2D eigenvalue weighted by molar-refractivity contribution is -0.124. The van der Waals surface area contributed by atoms with Gasteiger partial charge >= 0.3 is 0 Å². The zero-order chi connectivity index (χ0) is 11.4. The number of halogens is 1. The van der Waals surface area contributed by atoms with Gasteiger partial charge in [-0.3, -0.25) is 4.79 Å². The maximum absolute atomic E-state index is 10.8. The molecule has 1 unspecified atom stereocenters. The molecule has 0 saturated carbocycles. The van der Waals surface area contributed by atoms with Crippen LogP contribution >= 0.6 is 11.6 Å². The largest absolute Gasteiger partial charge is 0.481 e. The summed E-state index contributed by atoms with van der Waals surface area (Å²) in [4.78, 5) is 10.8.